The van der Waals surface area contributed by atoms with Crippen LogP contribution in [0.1, 0.15) is 24.9 Å². The molecular formula is C16H22N2O4. The number of carbonyl (C=O) groups excluding carboxylic acids is 1. The largest absolute Gasteiger partial charge is 0.454 e. The smallest absolute Gasteiger partial charge is 0.231 e. The highest BCUT2D eigenvalue weighted by molar-refractivity contribution is 5.75. The van der Waals surface area contributed by atoms with E-state index in [0.717, 1.165) is 43.4 Å². The molecule has 1 N–H and O–H groups in total. The molecule has 1 saturated heterocycles. The number of amides is 1. The zero-order valence-corrected chi connectivity index (χ0v) is 12.8. The van der Waals surface area contributed by atoms with Gasteiger partial charge < -0.3 is 19.5 Å². The first kappa shape index (κ1) is 15.1. The highest BCUT2D eigenvalue weighted by atomic mass is 16.7. The summed E-state index contributed by atoms with van der Waals surface area (Å²) in [6.45, 7) is 5.90. The van der Waals surface area contributed by atoms with Crippen LogP contribution in [0.2, 0.25) is 0 Å². The zero-order chi connectivity index (χ0) is 15.4. The predicted octanol–water partition coefficient (Wildman–Crippen LogP) is 1.31. The minimum Gasteiger partial charge on any atom is -0.454 e. The maximum Gasteiger partial charge on any atom is 0.231 e. The molecule has 0 bridgehead atoms. The molecular weight excluding hydrogens is 284 g/mol. The van der Waals surface area contributed by atoms with Crippen molar-refractivity contribution in [3.05, 3.63) is 23.8 Å². The first-order valence-corrected chi connectivity index (χ1v) is 7.76. The molecule has 6 heteroatoms. The molecule has 1 amide bonds. The summed E-state index contributed by atoms with van der Waals surface area (Å²) in [5.74, 6) is 1.62. The Hall–Kier alpha value is -1.79. The maximum atomic E-state index is 11.6. The Morgan fingerprint density at radius 1 is 1.27 bits per heavy atom. The van der Waals surface area contributed by atoms with Gasteiger partial charge in [-0.3, -0.25) is 9.69 Å². The summed E-state index contributed by atoms with van der Waals surface area (Å²) in [6, 6.07) is 6.12. The Labute approximate surface area is 130 Å². The third-order valence-electron chi connectivity index (χ3n) is 4.08. The molecule has 0 unspecified atom stereocenters. The molecule has 1 aromatic carbocycles. The van der Waals surface area contributed by atoms with Gasteiger partial charge in [0.15, 0.2) is 11.5 Å². The maximum absolute atomic E-state index is 11.6. The van der Waals surface area contributed by atoms with Crippen LogP contribution >= 0.6 is 0 Å². The van der Waals surface area contributed by atoms with E-state index < -0.39 is 0 Å². The Morgan fingerprint density at radius 3 is 2.82 bits per heavy atom. The molecule has 1 aromatic rings. The number of hydrogen-bond donors (Lipinski definition) is 1. The van der Waals surface area contributed by atoms with Gasteiger partial charge in [-0.25, -0.2) is 0 Å². The fraction of sp³-hybridized carbons (Fsp3) is 0.562. The Balaban J connectivity index is 1.78. The van der Waals surface area contributed by atoms with Crippen molar-refractivity contribution >= 4 is 5.91 Å². The van der Waals surface area contributed by atoms with Crippen LogP contribution in [-0.2, 0) is 9.53 Å². The lowest BCUT2D eigenvalue weighted by Crippen LogP contribution is -2.43. The van der Waals surface area contributed by atoms with Crippen molar-refractivity contribution in [2.45, 2.75) is 19.4 Å². The summed E-state index contributed by atoms with van der Waals surface area (Å²) in [5, 5.41) is 3.00. The Kier molecular flexibility index (Phi) is 4.80. The molecule has 0 spiro atoms. The second-order valence-electron chi connectivity index (χ2n) is 5.43. The van der Waals surface area contributed by atoms with Gasteiger partial charge in [-0.15, -0.1) is 0 Å². The number of fused-ring (bicyclic) bond motifs is 1. The molecule has 2 aliphatic rings. The van der Waals surface area contributed by atoms with Gasteiger partial charge in [0.05, 0.1) is 19.3 Å². The average Bonchev–Trinajstić information content (AvgIpc) is 3.03. The Morgan fingerprint density at radius 2 is 2.05 bits per heavy atom. The number of nitrogens with zero attached hydrogens (tertiary/aromatic N) is 1. The number of benzene rings is 1. The second kappa shape index (κ2) is 6.98. The van der Waals surface area contributed by atoms with Gasteiger partial charge in [0.25, 0.3) is 0 Å². The SMILES string of the molecule is CCC(=O)NC[C@H](c1ccc2c(c1)OCO2)N1CCOCC1. The number of rotatable bonds is 5. The number of ether oxygens (including phenoxy) is 3. The van der Waals surface area contributed by atoms with Crippen molar-refractivity contribution in [2.24, 2.45) is 0 Å². The van der Waals surface area contributed by atoms with Crippen LogP contribution in [0.15, 0.2) is 18.2 Å². The lowest BCUT2D eigenvalue weighted by molar-refractivity contribution is -0.121. The number of carbonyl (C=O) groups is 1. The van der Waals surface area contributed by atoms with E-state index in [1.54, 1.807) is 0 Å². The molecule has 2 aliphatic heterocycles. The van der Waals surface area contributed by atoms with E-state index in [-0.39, 0.29) is 18.7 Å². The van der Waals surface area contributed by atoms with Gasteiger partial charge in [0.1, 0.15) is 0 Å². The third kappa shape index (κ3) is 3.34. The fourth-order valence-corrected chi connectivity index (χ4v) is 2.80. The average molecular weight is 306 g/mol. The van der Waals surface area contributed by atoms with Crippen molar-refractivity contribution in [3.63, 3.8) is 0 Å². The van der Waals surface area contributed by atoms with Gasteiger partial charge in [-0.1, -0.05) is 13.0 Å². The minimum atomic E-state index is 0.0685. The summed E-state index contributed by atoms with van der Waals surface area (Å²) in [7, 11) is 0. The van der Waals surface area contributed by atoms with Crippen LogP contribution < -0.4 is 14.8 Å². The van der Waals surface area contributed by atoms with Crippen molar-refractivity contribution in [1.29, 1.82) is 0 Å². The van der Waals surface area contributed by atoms with Crippen LogP contribution in [0, 0.1) is 0 Å². The van der Waals surface area contributed by atoms with Gasteiger partial charge in [0.2, 0.25) is 12.7 Å². The summed E-state index contributed by atoms with van der Waals surface area (Å²) in [6.07, 6.45) is 0.497. The van der Waals surface area contributed by atoms with Crippen LogP contribution in [-0.4, -0.2) is 50.4 Å². The standard InChI is InChI=1S/C16H22N2O4/c1-2-16(19)17-10-13(18-5-7-20-8-6-18)12-3-4-14-15(9-12)22-11-21-14/h3-4,9,13H,2,5-8,10-11H2,1H3,(H,17,19)/t13-/m1/s1. The van der Waals surface area contributed by atoms with Crippen LogP contribution in [0.3, 0.4) is 0 Å². The van der Waals surface area contributed by atoms with E-state index in [0.29, 0.717) is 13.0 Å². The van der Waals surface area contributed by atoms with Gasteiger partial charge in [0, 0.05) is 26.1 Å². The molecule has 120 valence electrons. The molecule has 6 nitrogen and oxygen atoms in total. The molecule has 0 saturated carbocycles. The molecule has 0 aliphatic carbocycles. The van der Waals surface area contributed by atoms with Crippen LogP contribution in [0.25, 0.3) is 0 Å². The van der Waals surface area contributed by atoms with E-state index in [1.165, 1.54) is 0 Å². The normalized spacial score (nSPS) is 19.0. The molecule has 22 heavy (non-hydrogen) atoms. The third-order valence-corrected chi connectivity index (χ3v) is 4.08. The van der Waals surface area contributed by atoms with Gasteiger partial charge in [-0.05, 0) is 17.7 Å². The molecule has 2 heterocycles. The topological polar surface area (TPSA) is 60.0 Å². The van der Waals surface area contributed by atoms with E-state index >= 15 is 0 Å². The van der Waals surface area contributed by atoms with E-state index in [2.05, 4.69) is 10.2 Å². The van der Waals surface area contributed by atoms with Gasteiger partial charge >= 0.3 is 0 Å². The van der Waals surface area contributed by atoms with Crippen molar-refractivity contribution in [2.75, 3.05) is 39.6 Å². The lowest BCUT2D eigenvalue weighted by atomic mass is 10.0. The van der Waals surface area contributed by atoms with Crippen molar-refractivity contribution < 1.29 is 19.0 Å². The summed E-state index contributed by atoms with van der Waals surface area (Å²) < 4.78 is 16.3. The predicted molar refractivity (Wildman–Crippen MR) is 81.0 cm³/mol. The number of hydrogen-bond acceptors (Lipinski definition) is 5. The van der Waals surface area contributed by atoms with Crippen LogP contribution in [0.4, 0.5) is 0 Å². The summed E-state index contributed by atoms with van der Waals surface area (Å²) >= 11 is 0. The Bertz CT molecular complexity index is 529. The number of morpholine rings is 1. The highest BCUT2D eigenvalue weighted by Crippen LogP contribution is 2.35. The fourth-order valence-electron chi connectivity index (χ4n) is 2.80. The first-order chi connectivity index (χ1) is 10.8. The highest BCUT2D eigenvalue weighted by Gasteiger charge is 2.25. The minimum absolute atomic E-state index is 0.0685. The molecule has 3 rings (SSSR count). The molecule has 1 fully saturated rings. The van der Waals surface area contributed by atoms with Crippen molar-refractivity contribution in [3.8, 4) is 11.5 Å². The second-order valence-corrected chi connectivity index (χ2v) is 5.43. The summed E-state index contributed by atoms with van der Waals surface area (Å²) in [5.41, 5.74) is 1.13. The van der Waals surface area contributed by atoms with Crippen molar-refractivity contribution in [1.82, 2.24) is 10.2 Å². The summed E-state index contributed by atoms with van der Waals surface area (Å²) in [4.78, 5) is 14.0. The van der Waals surface area contributed by atoms with E-state index in [9.17, 15) is 4.79 Å². The molecule has 1 atom stereocenters. The van der Waals surface area contributed by atoms with Crippen LogP contribution in [0.5, 0.6) is 11.5 Å². The lowest BCUT2D eigenvalue weighted by Gasteiger charge is -2.35. The number of nitrogens with one attached hydrogen (secondary N) is 1. The quantitative estimate of drug-likeness (QED) is 0.889. The van der Waals surface area contributed by atoms with Gasteiger partial charge in [-0.2, -0.15) is 0 Å². The molecule has 0 radical (unpaired) electrons. The molecule has 0 aromatic heterocycles. The monoisotopic (exact) mass is 306 g/mol. The zero-order valence-electron chi connectivity index (χ0n) is 12.8. The first-order valence-electron chi connectivity index (χ1n) is 7.76. The van der Waals surface area contributed by atoms with E-state index in [1.807, 2.05) is 25.1 Å². The van der Waals surface area contributed by atoms with E-state index in [4.69, 9.17) is 14.2 Å².